The van der Waals surface area contributed by atoms with Gasteiger partial charge in [0, 0.05) is 734 Å². The van der Waals surface area contributed by atoms with Gasteiger partial charge in [0.15, 0.2) is 0 Å². The smallest absolute Gasteiger partial charge is 0 e. The van der Waals surface area contributed by atoms with Crippen LogP contribution in [0.15, 0.2) is 0 Å². The maximum Gasteiger partial charge on any atom is 0 e. The van der Waals surface area contributed by atoms with Crippen LogP contribution in [0.2, 0.25) is 0 Å². The lowest BCUT2D eigenvalue weighted by atomic mass is 10.4. The highest BCUT2D eigenvalue weighted by atomic mass is 13.7. The molecule has 0 saturated carbocycles. The highest BCUT2D eigenvalue weighted by Crippen LogP contribution is 1.72. The van der Waals surface area contributed by atoms with E-state index in [4.69, 9.17) is 0 Å². The van der Waals surface area contributed by atoms with Gasteiger partial charge in [0.2, 0.25) is 0 Å². The van der Waals surface area contributed by atoms with Crippen LogP contribution >= 0.6 is 0 Å². The SMILES string of the molecule is CC#CC#CC#CC#CC#CC#CC#CC#CC#CC#CC#CC#CC#CC#CC#CC#CC#CC#CC#CC#CC#CC#CC#CC#CC#CC#CC#CC#CC#CC#CC#CC#CC#CC#CC#CC#CC#CC#CC#CC#CC#CC#CC#CC#CC#CC#CC#CC#CC#CC#CC#CC#CC#CC#CC#CC#CC#CC#CC#CC#CC#CC#CC#CC#CC#CC#CC#CC#CC#CC#CC#CC. The maximum absolute atomic E-state index is 2.63. The standard InChI is InChI=1S/C144H6/c1-3-5-7-9-11-13-15-17-19-21-23-25-27-29-31-33-35-37-39-41-43-45-47-49-51-53-55-57-59-61-63-65-67-69-71-73-75-77-79-81-83-85-87-89-91-93-95-97-99-101-103-105-107-109-111-113-115-117-119-121-123-125-127-129-131-133-135-137-139-141-143-144-142-140-138-136-134-132-130-128-126-124-122-120-118-116-114-112-110-108-106-104-102-100-98-96-94-92-90-88-86-84-82-80-78-76-74-72-70-68-66-64-62-60-58-56-54-52-50-48-46-44-42-40-38-36-34-32-30-28-26-24-22-20-18-16-14-12-10-8-6-4-2/h1-2H3. The summed E-state index contributed by atoms with van der Waals surface area (Å²) in [6.45, 7) is 3.36. The van der Waals surface area contributed by atoms with E-state index in [9.17, 15) is 0 Å². The van der Waals surface area contributed by atoms with Crippen LogP contribution in [-0.2, 0) is 0 Å². The van der Waals surface area contributed by atoms with Crippen molar-refractivity contribution in [1.29, 1.82) is 0 Å². The van der Waals surface area contributed by atoms with E-state index in [2.05, 4.69) is 841 Å². The van der Waals surface area contributed by atoms with E-state index in [1.54, 1.807) is 13.8 Å². The van der Waals surface area contributed by atoms with E-state index in [0.29, 0.717) is 0 Å². The molecule has 0 saturated heterocycles. The Hall–Kier alpha value is -31.2. The zero-order chi connectivity index (χ0) is 102. The summed E-state index contributed by atoms with van der Waals surface area (Å²) in [6, 6.07) is 0. The van der Waals surface area contributed by atoms with E-state index >= 15 is 0 Å². The molecule has 0 N–H and O–H groups in total. The molecule has 0 aliphatic heterocycles. The Balaban J connectivity index is 4.66. The van der Waals surface area contributed by atoms with Gasteiger partial charge in [-0.15, -0.1) is 0 Å². The van der Waals surface area contributed by atoms with Gasteiger partial charge in [-0.05, 0) is 109 Å². The molecule has 0 aromatic carbocycles. The lowest BCUT2D eigenvalue weighted by Gasteiger charge is -1.58. The second-order valence-electron chi connectivity index (χ2n) is 18.0. The first-order chi connectivity index (χ1) is 71.9. The van der Waals surface area contributed by atoms with E-state index < -0.39 is 0 Å². The quantitative estimate of drug-likeness (QED) is 0.322. The minimum absolute atomic E-state index is 1.68. The summed E-state index contributed by atoms with van der Waals surface area (Å²) in [5, 5.41) is 0. The third-order valence-corrected chi connectivity index (χ3v) is 8.94. The summed E-state index contributed by atoms with van der Waals surface area (Å²) in [6.07, 6.45) is 0. The molecule has 0 heterocycles. The molecule has 582 valence electrons. The molecule has 0 fully saturated rings. The highest BCUT2D eigenvalue weighted by molar-refractivity contribution is 5.60. The van der Waals surface area contributed by atoms with Gasteiger partial charge in [0.1, 0.15) is 0 Å². The van der Waals surface area contributed by atoms with Crippen LogP contribution < -0.4 is 0 Å². The Morgan fingerprint density at radius 1 is 0.0347 bits per heavy atom. The Morgan fingerprint density at radius 3 is 0.0764 bits per heavy atom. The number of hydrogen-bond acceptors (Lipinski definition) is 0. The molecular formula is C144H6. The van der Waals surface area contributed by atoms with Crippen LogP contribution in [0, 0.1) is 841 Å². The second-order valence-corrected chi connectivity index (χ2v) is 18.0. The normalized spacial score (nSPS) is 3.99. The predicted molar refractivity (Wildman–Crippen MR) is 563 cm³/mol. The Labute approximate surface area is 848 Å². The van der Waals surface area contributed by atoms with Crippen molar-refractivity contribution in [3.8, 4) is 841 Å². The number of rotatable bonds is 0. The summed E-state index contributed by atoms with van der Waals surface area (Å²) < 4.78 is 0. The van der Waals surface area contributed by atoms with Gasteiger partial charge in [0.05, 0.1) is 0 Å². The van der Waals surface area contributed by atoms with Crippen LogP contribution in [0.3, 0.4) is 0 Å². The molecule has 0 atom stereocenters. The Bertz CT molecular complexity index is 9430. The third-order valence-electron chi connectivity index (χ3n) is 8.94. The molecule has 0 aromatic rings. The zero-order valence-electron chi connectivity index (χ0n) is 73.0. The zero-order valence-corrected chi connectivity index (χ0v) is 73.0. The van der Waals surface area contributed by atoms with E-state index in [-0.39, 0.29) is 0 Å². The van der Waals surface area contributed by atoms with Crippen LogP contribution in [0.25, 0.3) is 0 Å². The van der Waals surface area contributed by atoms with Crippen molar-refractivity contribution in [3.63, 3.8) is 0 Å². The third kappa shape index (κ3) is 111. The monoisotopic (exact) mass is 1730 g/mol. The van der Waals surface area contributed by atoms with Crippen LogP contribution in [-0.4, -0.2) is 0 Å². The fourth-order valence-corrected chi connectivity index (χ4v) is 4.44. The van der Waals surface area contributed by atoms with Gasteiger partial charge in [-0.25, -0.2) is 0 Å². The van der Waals surface area contributed by atoms with Gasteiger partial charge in [-0.1, -0.05) is 11.8 Å². The minimum atomic E-state index is 1.68. The molecule has 0 radical (unpaired) electrons. The lowest BCUT2D eigenvalue weighted by Crippen LogP contribution is -1.57. The maximum atomic E-state index is 2.63. The van der Waals surface area contributed by atoms with Crippen molar-refractivity contribution < 1.29 is 0 Å². The van der Waals surface area contributed by atoms with Crippen molar-refractivity contribution in [2.45, 2.75) is 13.8 Å². The largest absolute Gasteiger partial charge is 0.0925 e. The van der Waals surface area contributed by atoms with Crippen LogP contribution in [0.1, 0.15) is 13.8 Å². The molecule has 0 aliphatic carbocycles. The first-order valence-corrected chi connectivity index (χ1v) is 36.2. The van der Waals surface area contributed by atoms with Crippen molar-refractivity contribution in [3.05, 3.63) is 0 Å². The molecule has 0 bridgehead atoms. The van der Waals surface area contributed by atoms with Gasteiger partial charge >= 0.3 is 0 Å². The molecule has 0 rings (SSSR count). The summed E-state index contributed by atoms with van der Waals surface area (Å²) in [4.78, 5) is 0. The van der Waals surface area contributed by atoms with Gasteiger partial charge in [0.25, 0.3) is 0 Å². The van der Waals surface area contributed by atoms with Crippen molar-refractivity contribution >= 4 is 0 Å². The lowest BCUT2D eigenvalue weighted by molar-refractivity contribution is 1.92. The van der Waals surface area contributed by atoms with Crippen LogP contribution in [0.5, 0.6) is 0 Å². The van der Waals surface area contributed by atoms with Gasteiger partial charge < -0.3 is 0 Å². The molecule has 144 heavy (non-hydrogen) atoms. The van der Waals surface area contributed by atoms with Gasteiger partial charge in [-0.2, -0.15) is 0 Å². The summed E-state index contributed by atoms with van der Waals surface area (Å²) in [5.74, 6) is 356. The molecular weight excluding hydrogens is 1730 g/mol. The Morgan fingerprint density at radius 2 is 0.0556 bits per heavy atom. The topological polar surface area (TPSA) is 0 Å². The van der Waals surface area contributed by atoms with E-state index in [1.165, 1.54) is 0 Å². The molecule has 0 unspecified atom stereocenters. The van der Waals surface area contributed by atoms with Crippen molar-refractivity contribution in [2.24, 2.45) is 0 Å². The Kier molecular flexibility index (Phi) is 87.5. The van der Waals surface area contributed by atoms with Gasteiger partial charge in [-0.3, -0.25) is 0 Å². The average Bonchev–Trinajstić information content (AvgIpc) is 1.12. The summed E-state index contributed by atoms with van der Waals surface area (Å²) in [5.41, 5.74) is 0. The van der Waals surface area contributed by atoms with E-state index in [0.717, 1.165) is 0 Å². The average molecular weight is 1740 g/mol. The van der Waals surface area contributed by atoms with Crippen molar-refractivity contribution in [1.82, 2.24) is 0 Å². The first kappa shape index (κ1) is 113. The fourth-order valence-electron chi connectivity index (χ4n) is 4.44. The summed E-state index contributed by atoms with van der Waals surface area (Å²) >= 11 is 0. The highest BCUT2D eigenvalue weighted by Gasteiger charge is 1.71. The molecule has 0 amide bonds. The second kappa shape index (κ2) is 112. The van der Waals surface area contributed by atoms with E-state index in [1.807, 2.05) is 0 Å². The molecule has 0 aromatic heterocycles. The number of hydrogen-bond donors (Lipinski definition) is 0. The molecule has 0 nitrogen and oxygen atoms in total. The summed E-state index contributed by atoms with van der Waals surface area (Å²) in [7, 11) is 0. The first-order valence-electron chi connectivity index (χ1n) is 36.2. The molecule has 0 spiro atoms. The molecule has 0 heteroatoms. The minimum Gasteiger partial charge on any atom is -0.0925 e. The fraction of sp³-hybridized carbons (Fsp3) is 0.0139. The predicted octanol–water partition coefficient (Wildman–Crippen LogP) is 1.27. The van der Waals surface area contributed by atoms with Crippen molar-refractivity contribution in [2.75, 3.05) is 0 Å². The molecule has 0 aliphatic rings. The van der Waals surface area contributed by atoms with Crippen LogP contribution in [0.4, 0.5) is 0 Å².